The topological polar surface area (TPSA) is 55.4 Å². The third-order valence-corrected chi connectivity index (χ3v) is 5.11. The van der Waals surface area contributed by atoms with E-state index in [-0.39, 0.29) is 24.9 Å². The first-order valence-corrected chi connectivity index (χ1v) is 8.79. The lowest BCUT2D eigenvalue weighted by atomic mass is 9.96. The molecule has 1 aliphatic carbocycles. The molecule has 1 N–H and O–H groups in total. The van der Waals surface area contributed by atoms with Gasteiger partial charge in [-0.3, -0.25) is 4.79 Å². The Morgan fingerprint density at radius 3 is 2.71 bits per heavy atom. The van der Waals surface area contributed by atoms with Gasteiger partial charge >= 0.3 is 5.97 Å². The third kappa shape index (κ3) is 4.00. The fourth-order valence-corrected chi connectivity index (χ4v) is 3.84. The SMILES string of the molecule is O=C(COC(=O)c1csc2c1CCCC2)NCc1ccc(F)cc1. The molecule has 24 heavy (non-hydrogen) atoms. The minimum atomic E-state index is -0.439. The molecule has 0 saturated carbocycles. The monoisotopic (exact) mass is 347 g/mol. The van der Waals surface area contributed by atoms with Crippen molar-refractivity contribution in [1.29, 1.82) is 0 Å². The average Bonchev–Trinajstić information content (AvgIpc) is 3.03. The van der Waals surface area contributed by atoms with Crippen LogP contribution in [0.2, 0.25) is 0 Å². The van der Waals surface area contributed by atoms with Crippen LogP contribution in [-0.2, 0) is 28.9 Å². The first-order valence-electron chi connectivity index (χ1n) is 7.91. The number of benzene rings is 1. The Kier molecular flexibility index (Phi) is 5.25. The number of nitrogens with one attached hydrogen (secondary N) is 1. The van der Waals surface area contributed by atoms with Gasteiger partial charge in [-0.05, 0) is 48.9 Å². The Hall–Kier alpha value is -2.21. The molecule has 0 spiro atoms. The quantitative estimate of drug-likeness (QED) is 0.845. The van der Waals surface area contributed by atoms with E-state index in [9.17, 15) is 14.0 Å². The molecule has 0 radical (unpaired) electrons. The molecule has 1 aromatic heterocycles. The maximum absolute atomic E-state index is 12.8. The van der Waals surface area contributed by atoms with Crippen molar-refractivity contribution in [3.63, 3.8) is 0 Å². The second-order valence-corrected chi connectivity index (χ2v) is 6.70. The predicted molar refractivity (Wildman–Crippen MR) is 89.5 cm³/mol. The van der Waals surface area contributed by atoms with Crippen LogP contribution in [0.25, 0.3) is 0 Å². The number of aryl methyl sites for hydroxylation is 1. The number of fused-ring (bicyclic) bond motifs is 1. The number of ether oxygens (including phenoxy) is 1. The van der Waals surface area contributed by atoms with Crippen LogP contribution in [-0.4, -0.2) is 18.5 Å². The van der Waals surface area contributed by atoms with E-state index in [0.29, 0.717) is 5.56 Å². The minimum absolute atomic E-state index is 0.268. The number of halogens is 1. The van der Waals surface area contributed by atoms with E-state index in [1.54, 1.807) is 23.5 Å². The average molecular weight is 347 g/mol. The van der Waals surface area contributed by atoms with Crippen LogP contribution in [0.1, 0.15) is 39.2 Å². The zero-order valence-corrected chi connectivity index (χ0v) is 14.0. The first kappa shape index (κ1) is 16.6. The fraction of sp³-hybridized carbons (Fsp3) is 0.333. The van der Waals surface area contributed by atoms with Gasteiger partial charge < -0.3 is 10.1 Å². The van der Waals surface area contributed by atoms with E-state index in [0.717, 1.165) is 36.8 Å². The summed E-state index contributed by atoms with van der Waals surface area (Å²) >= 11 is 1.59. The summed E-state index contributed by atoms with van der Waals surface area (Å²) in [5.74, 6) is -1.14. The van der Waals surface area contributed by atoms with Crippen LogP contribution in [0.15, 0.2) is 29.6 Å². The Balaban J connectivity index is 1.48. The lowest BCUT2D eigenvalue weighted by Gasteiger charge is -2.12. The second-order valence-electron chi connectivity index (χ2n) is 5.74. The number of amides is 1. The molecule has 2 aromatic rings. The van der Waals surface area contributed by atoms with E-state index < -0.39 is 5.97 Å². The Bertz CT molecular complexity index is 739. The zero-order valence-electron chi connectivity index (χ0n) is 13.1. The molecule has 1 aromatic carbocycles. The van der Waals surface area contributed by atoms with Gasteiger partial charge in [0.05, 0.1) is 5.56 Å². The van der Waals surface area contributed by atoms with Crippen molar-refractivity contribution in [2.75, 3.05) is 6.61 Å². The standard InChI is InChI=1S/C18H18FNO3S/c19-13-7-5-12(6-8-13)9-20-17(21)10-23-18(22)15-11-24-16-4-2-1-3-14(15)16/h5-8,11H,1-4,9-10H2,(H,20,21). The van der Waals surface area contributed by atoms with Gasteiger partial charge in [0.1, 0.15) is 5.82 Å². The molecule has 0 unspecified atom stereocenters. The molecule has 3 rings (SSSR count). The van der Waals surface area contributed by atoms with Crippen LogP contribution in [0, 0.1) is 5.82 Å². The van der Waals surface area contributed by atoms with Crippen molar-refractivity contribution < 1.29 is 18.7 Å². The van der Waals surface area contributed by atoms with E-state index >= 15 is 0 Å². The summed E-state index contributed by atoms with van der Waals surface area (Å²) in [4.78, 5) is 25.2. The Labute approximate surface area is 143 Å². The maximum Gasteiger partial charge on any atom is 0.339 e. The predicted octanol–water partition coefficient (Wildman–Crippen LogP) is 3.24. The Morgan fingerprint density at radius 1 is 1.17 bits per heavy atom. The molecule has 1 aliphatic rings. The van der Waals surface area contributed by atoms with Gasteiger partial charge in [-0.15, -0.1) is 11.3 Å². The summed E-state index contributed by atoms with van der Waals surface area (Å²) in [7, 11) is 0. The molecule has 0 fully saturated rings. The highest BCUT2D eigenvalue weighted by atomic mass is 32.1. The molecule has 0 bridgehead atoms. The summed E-state index contributed by atoms with van der Waals surface area (Å²) < 4.78 is 17.9. The molecule has 4 nitrogen and oxygen atoms in total. The van der Waals surface area contributed by atoms with Gasteiger partial charge in [-0.2, -0.15) is 0 Å². The fourth-order valence-electron chi connectivity index (χ4n) is 2.73. The highest BCUT2D eigenvalue weighted by molar-refractivity contribution is 7.10. The van der Waals surface area contributed by atoms with E-state index in [2.05, 4.69) is 5.32 Å². The van der Waals surface area contributed by atoms with Gasteiger partial charge in [0.15, 0.2) is 6.61 Å². The summed E-state index contributed by atoms with van der Waals surface area (Å²) in [6, 6.07) is 5.86. The van der Waals surface area contributed by atoms with Crippen LogP contribution in [0.5, 0.6) is 0 Å². The molecule has 0 saturated heterocycles. The van der Waals surface area contributed by atoms with Crippen LogP contribution < -0.4 is 5.32 Å². The minimum Gasteiger partial charge on any atom is -0.452 e. The smallest absolute Gasteiger partial charge is 0.339 e. The zero-order chi connectivity index (χ0) is 16.9. The third-order valence-electron chi connectivity index (χ3n) is 4.02. The van der Waals surface area contributed by atoms with Gasteiger partial charge in [-0.1, -0.05) is 12.1 Å². The van der Waals surface area contributed by atoms with E-state index in [4.69, 9.17) is 4.74 Å². The van der Waals surface area contributed by atoms with Gasteiger partial charge in [0, 0.05) is 16.8 Å². The molecule has 1 amide bonds. The largest absolute Gasteiger partial charge is 0.452 e. The summed E-state index contributed by atoms with van der Waals surface area (Å²) in [6.07, 6.45) is 4.17. The highest BCUT2D eigenvalue weighted by Crippen LogP contribution is 2.30. The van der Waals surface area contributed by atoms with Crippen LogP contribution in [0.3, 0.4) is 0 Å². The maximum atomic E-state index is 12.8. The van der Waals surface area contributed by atoms with Crippen molar-refractivity contribution in [3.8, 4) is 0 Å². The first-order chi connectivity index (χ1) is 11.6. The second kappa shape index (κ2) is 7.57. The molecule has 1 heterocycles. The van der Waals surface area contributed by atoms with Crippen LogP contribution >= 0.6 is 11.3 Å². The molecular formula is C18H18FNO3S. The lowest BCUT2D eigenvalue weighted by Crippen LogP contribution is -2.28. The lowest BCUT2D eigenvalue weighted by molar-refractivity contribution is -0.124. The van der Waals surface area contributed by atoms with Crippen molar-refractivity contribution >= 4 is 23.2 Å². The molecule has 0 aliphatic heterocycles. The summed E-state index contributed by atoms with van der Waals surface area (Å²) in [6.45, 7) is -0.0465. The number of hydrogen-bond donors (Lipinski definition) is 1. The van der Waals surface area contributed by atoms with Crippen molar-refractivity contribution in [3.05, 3.63) is 57.0 Å². The number of carbonyl (C=O) groups excluding carboxylic acids is 2. The number of carbonyl (C=O) groups is 2. The molecule has 0 atom stereocenters. The van der Waals surface area contributed by atoms with Crippen molar-refractivity contribution in [2.24, 2.45) is 0 Å². The van der Waals surface area contributed by atoms with Gasteiger partial charge in [-0.25, -0.2) is 9.18 Å². The van der Waals surface area contributed by atoms with E-state index in [1.165, 1.54) is 17.0 Å². The van der Waals surface area contributed by atoms with Gasteiger partial charge in [0.25, 0.3) is 5.91 Å². The summed E-state index contributed by atoms with van der Waals surface area (Å²) in [5.41, 5.74) is 2.46. The highest BCUT2D eigenvalue weighted by Gasteiger charge is 2.21. The van der Waals surface area contributed by atoms with Gasteiger partial charge in [0.2, 0.25) is 0 Å². The van der Waals surface area contributed by atoms with Crippen molar-refractivity contribution in [1.82, 2.24) is 5.32 Å². The number of hydrogen-bond acceptors (Lipinski definition) is 4. The van der Waals surface area contributed by atoms with Crippen molar-refractivity contribution in [2.45, 2.75) is 32.2 Å². The van der Waals surface area contributed by atoms with E-state index in [1.807, 2.05) is 5.38 Å². The molecule has 126 valence electrons. The normalized spacial score (nSPS) is 13.2. The number of rotatable bonds is 5. The van der Waals surface area contributed by atoms with Crippen LogP contribution in [0.4, 0.5) is 4.39 Å². The summed E-state index contributed by atoms with van der Waals surface area (Å²) in [5, 5.41) is 4.47. The molecule has 6 heteroatoms. The number of esters is 1. The molecular weight excluding hydrogens is 329 g/mol. The number of thiophene rings is 1. The Morgan fingerprint density at radius 2 is 1.92 bits per heavy atom.